The molecule has 1 aromatic carbocycles. The molecule has 1 spiro atoms. The second-order valence-electron chi connectivity index (χ2n) is 9.28. The van der Waals surface area contributed by atoms with E-state index in [9.17, 15) is 14.7 Å². The van der Waals surface area contributed by atoms with Crippen molar-refractivity contribution in [3.05, 3.63) is 75.9 Å². The number of hydrogen-bond donors (Lipinski definition) is 1. The van der Waals surface area contributed by atoms with Crippen LogP contribution in [-0.2, 0) is 14.3 Å². The summed E-state index contributed by atoms with van der Waals surface area (Å²) >= 11 is 1.45. The van der Waals surface area contributed by atoms with E-state index in [0.717, 1.165) is 49.2 Å². The average Bonchev–Trinajstić information content (AvgIpc) is 3.06. The largest absolute Gasteiger partial charge is 0.491 e. The van der Waals surface area contributed by atoms with Crippen LogP contribution in [0.1, 0.15) is 42.1 Å². The normalized spacial score (nSPS) is 22.9. The second-order valence-corrected chi connectivity index (χ2v) is 10.3. The quantitative estimate of drug-likeness (QED) is 0.642. The lowest BCUT2D eigenvalue weighted by Crippen LogP contribution is -2.51. The van der Waals surface area contributed by atoms with Gasteiger partial charge in [0, 0.05) is 49.4 Å². The smallest absolute Gasteiger partial charge is 0.243 e. The Morgan fingerprint density at radius 1 is 1.18 bits per heavy atom. The first-order valence-corrected chi connectivity index (χ1v) is 12.8. The Morgan fingerprint density at radius 2 is 1.94 bits per heavy atom. The van der Waals surface area contributed by atoms with Crippen LogP contribution in [0.4, 0.5) is 0 Å². The summed E-state index contributed by atoms with van der Waals surface area (Å²) in [5.41, 5.74) is 1.86. The Hall–Kier alpha value is -2.61. The molecule has 1 aromatic rings. The predicted octanol–water partition coefficient (Wildman–Crippen LogP) is 3.89. The van der Waals surface area contributed by atoms with Gasteiger partial charge < -0.3 is 19.5 Å². The van der Waals surface area contributed by atoms with Crippen LogP contribution in [0.2, 0.25) is 0 Å². The molecule has 178 valence electrons. The number of aliphatic hydroxyl groups excluding tert-OH is 1. The van der Waals surface area contributed by atoms with Crippen molar-refractivity contribution in [3.8, 4) is 0 Å². The van der Waals surface area contributed by atoms with E-state index in [4.69, 9.17) is 9.47 Å². The number of carbonyl (C=O) groups is 2. The summed E-state index contributed by atoms with van der Waals surface area (Å²) in [6.45, 7) is 4.39. The highest BCUT2D eigenvalue weighted by molar-refractivity contribution is 8.04. The van der Waals surface area contributed by atoms with Gasteiger partial charge in [-0.15, -0.1) is 11.8 Å². The minimum Gasteiger partial charge on any atom is -0.491 e. The number of nitrogens with zero attached hydrogens (tertiary/aromatic N) is 1. The van der Waals surface area contributed by atoms with Crippen LogP contribution >= 0.6 is 11.8 Å². The number of β-amino-alcohol motifs (C(OH)–C–C–N with tert-alkyl or cyclic N) is 1. The van der Waals surface area contributed by atoms with Gasteiger partial charge in [-0.05, 0) is 25.0 Å². The van der Waals surface area contributed by atoms with E-state index in [1.54, 1.807) is 12.1 Å². The van der Waals surface area contributed by atoms with Crippen molar-refractivity contribution in [2.24, 2.45) is 0 Å². The van der Waals surface area contributed by atoms with Crippen LogP contribution < -0.4 is 0 Å². The van der Waals surface area contributed by atoms with E-state index in [2.05, 4.69) is 17.1 Å². The van der Waals surface area contributed by atoms with Crippen LogP contribution in [0, 0.1) is 0 Å². The Labute approximate surface area is 204 Å². The van der Waals surface area contributed by atoms with Crippen molar-refractivity contribution in [3.63, 3.8) is 0 Å². The summed E-state index contributed by atoms with van der Waals surface area (Å²) in [5.74, 6) is 1.11. The first kappa shape index (κ1) is 23.1. The minimum atomic E-state index is -0.584. The highest BCUT2D eigenvalue weighted by Crippen LogP contribution is 2.47. The predicted molar refractivity (Wildman–Crippen MR) is 132 cm³/mol. The van der Waals surface area contributed by atoms with E-state index in [1.807, 2.05) is 31.2 Å². The lowest BCUT2D eigenvalue weighted by atomic mass is 9.90. The van der Waals surface area contributed by atoms with Gasteiger partial charge in [-0.1, -0.05) is 42.5 Å². The summed E-state index contributed by atoms with van der Waals surface area (Å²) < 4.78 is 12.4. The number of likely N-dealkylation sites (tertiary alicyclic amines) is 1. The number of benzene rings is 1. The molecule has 4 aliphatic rings. The van der Waals surface area contributed by atoms with E-state index in [1.165, 1.54) is 11.8 Å². The van der Waals surface area contributed by atoms with Gasteiger partial charge >= 0.3 is 0 Å². The Morgan fingerprint density at radius 3 is 2.74 bits per heavy atom. The van der Waals surface area contributed by atoms with Gasteiger partial charge in [-0.3, -0.25) is 9.59 Å². The number of aliphatic hydroxyl groups is 1. The molecule has 1 fully saturated rings. The number of thioether (sulfide) groups is 1. The highest BCUT2D eigenvalue weighted by atomic mass is 32.2. The third-order valence-corrected chi connectivity index (χ3v) is 8.16. The van der Waals surface area contributed by atoms with Gasteiger partial charge in [0.25, 0.3) is 0 Å². The van der Waals surface area contributed by atoms with Crippen LogP contribution in [0.5, 0.6) is 0 Å². The van der Waals surface area contributed by atoms with Crippen molar-refractivity contribution < 1.29 is 24.2 Å². The zero-order valence-corrected chi connectivity index (χ0v) is 20.1. The van der Waals surface area contributed by atoms with Crippen molar-refractivity contribution in [1.82, 2.24) is 4.90 Å². The maximum atomic E-state index is 12.6. The fourth-order valence-electron chi connectivity index (χ4n) is 4.81. The molecule has 34 heavy (non-hydrogen) atoms. The fraction of sp³-hybridized carbons (Fsp3) is 0.407. The molecule has 2 heterocycles. The fourth-order valence-corrected chi connectivity index (χ4v) is 6.07. The molecule has 0 aromatic heterocycles. The van der Waals surface area contributed by atoms with Crippen LogP contribution in [0.15, 0.2) is 64.8 Å². The van der Waals surface area contributed by atoms with Crippen molar-refractivity contribution >= 4 is 29.1 Å². The van der Waals surface area contributed by atoms with Crippen LogP contribution in [-0.4, -0.2) is 65.3 Å². The molecule has 0 bridgehead atoms. The third-order valence-electron chi connectivity index (χ3n) is 6.83. The molecular formula is C27H29NO5S. The van der Waals surface area contributed by atoms with E-state index < -0.39 is 17.7 Å². The molecule has 2 aliphatic heterocycles. The van der Waals surface area contributed by atoms with E-state index in [0.29, 0.717) is 28.5 Å². The standard InChI is InChI=1S/C27H29NO5S/c1-18-7-3-2-4-10-22(18)32-16-19(29)15-28-13-11-27(12-14-28)17-34-26-24(31)23(30)20-8-5-6-9-21(20)25(26)33-27/h2,4-10,19,29H,3,11-17H2,1H3. The molecule has 0 radical (unpaired) electrons. The Bertz CT molecular complexity index is 1120. The maximum Gasteiger partial charge on any atom is 0.243 e. The maximum absolute atomic E-state index is 12.6. The van der Waals surface area contributed by atoms with Crippen LogP contribution in [0.25, 0.3) is 5.76 Å². The van der Waals surface area contributed by atoms with E-state index in [-0.39, 0.29) is 12.2 Å². The average molecular weight is 480 g/mol. The number of piperidine rings is 1. The molecule has 7 heteroatoms. The number of hydrogen-bond acceptors (Lipinski definition) is 7. The molecule has 1 atom stereocenters. The third kappa shape index (κ3) is 4.52. The Balaban J connectivity index is 1.18. The highest BCUT2D eigenvalue weighted by Gasteiger charge is 2.46. The summed E-state index contributed by atoms with van der Waals surface area (Å²) in [6.07, 6.45) is 10.0. The summed E-state index contributed by atoms with van der Waals surface area (Å²) in [6, 6.07) is 7.19. The number of rotatable bonds is 5. The second kappa shape index (κ2) is 9.56. The van der Waals surface area contributed by atoms with Gasteiger partial charge in [0.15, 0.2) is 0 Å². The number of fused-ring (bicyclic) bond motifs is 2. The van der Waals surface area contributed by atoms with Gasteiger partial charge in [0.1, 0.15) is 34.7 Å². The number of ketones is 2. The lowest BCUT2D eigenvalue weighted by molar-refractivity contribution is -0.111. The van der Waals surface area contributed by atoms with Gasteiger partial charge in [-0.25, -0.2) is 0 Å². The Kier molecular flexibility index (Phi) is 6.51. The summed E-state index contributed by atoms with van der Waals surface area (Å²) in [7, 11) is 0. The van der Waals surface area contributed by atoms with E-state index >= 15 is 0 Å². The molecule has 0 amide bonds. The zero-order chi connectivity index (χ0) is 23.7. The first-order chi connectivity index (χ1) is 16.5. The number of ether oxygens (including phenoxy) is 2. The van der Waals surface area contributed by atoms with Crippen molar-refractivity contribution in [2.75, 3.05) is 32.0 Å². The van der Waals surface area contributed by atoms with Crippen LogP contribution in [0.3, 0.4) is 0 Å². The SMILES string of the molecule is CC1=CCC=CC=C1OCC(O)CN1CCC2(CC1)CSC1=C(O2)c2ccccc2C(=O)C1=O. The summed E-state index contributed by atoms with van der Waals surface area (Å²) in [5, 5.41) is 10.6. The van der Waals surface area contributed by atoms with Gasteiger partial charge in [0.05, 0.1) is 0 Å². The molecular weight excluding hydrogens is 450 g/mol. The molecule has 1 saturated heterocycles. The number of Topliss-reactive ketones (excluding diaryl/α,β-unsaturated/α-hetero) is 2. The monoisotopic (exact) mass is 479 g/mol. The van der Waals surface area contributed by atoms with Crippen molar-refractivity contribution in [2.45, 2.75) is 37.9 Å². The number of carbonyl (C=O) groups excluding carboxylic acids is 2. The zero-order valence-electron chi connectivity index (χ0n) is 19.3. The topological polar surface area (TPSA) is 76.1 Å². The van der Waals surface area contributed by atoms with Gasteiger partial charge in [0.2, 0.25) is 11.6 Å². The summed E-state index contributed by atoms with van der Waals surface area (Å²) in [4.78, 5) is 27.8. The molecule has 2 aliphatic carbocycles. The van der Waals surface area contributed by atoms with Crippen molar-refractivity contribution in [1.29, 1.82) is 0 Å². The molecule has 6 nitrogen and oxygen atoms in total. The first-order valence-electron chi connectivity index (χ1n) is 11.8. The molecule has 5 rings (SSSR count). The number of allylic oxidation sites excluding steroid dienone is 6. The minimum absolute atomic E-state index is 0.252. The molecule has 1 unspecified atom stereocenters. The molecule has 0 saturated carbocycles. The lowest BCUT2D eigenvalue weighted by Gasteiger charge is -2.45. The van der Waals surface area contributed by atoms with Gasteiger partial charge in [-0.2, -0.15) is 0 Å². The molecule has 1 N–H and O–H groups in total.